The van der Waals surface area contributed by atoms with E-state index in [9.17, 15) is 4.79 Å². The van der Waals surface area contributed by atoms with E-state index in [1.54, 1.807) is 31.0 Å². The Balaban J connectivity index is 1.66. The number of pyridine rings is 1. The van der Waals surface area contributed by atoms with Crippen molar-refractivity contribution < 1.29 is 4.79 Å². The van der Waals surface area contributed by atoms with Gasteiger partial charge in [-0.2, -0.15) is 0 Å². The van der Waals surface area contributed by atoms with Gasteiger partial charge in [0.15, 0.2) is 0 Å². The number of carbonyl (C=O) groups is 1. The Hall–Kier alpha value is -2.43. The summed E-state index contributed by atoms with van der Waals surface area (Å²) in [4.78, 5) is 19.4. The van der Waals surface area contributed by atoms with Gasteiger partial charge in [0.1, 0.15) is 0 Å². The second-order valence-electron chi connectivity index (χ2n) is 4.06. The molecule has 0 atom stereocenters. The molecule has 2 aromatic heterocycles. The summed E-state index contributed by atoms with van der Waals surface area (Å²) in [5.41, 5.74) is 0.962. The van der Waals surface area contributed by atoms with Gasteiger partial charge in [-0.05, 0) is 30.2 Å². The molecule has 98 valence electrons. The Morgan fingerprint density at radius 3 is 2.84 bits per heavy atom. The molecule has 2 heterocycles. The van der Waals surface area contributed by atoms with E-state index in [1.165, 1.54) is 6.08 Å². The van der Waals surface area contributed by atoms with Crippen molar-refractivity contribution in [3.63, 3.8) is 0 Å². The Morgan fingerprint density at radius 2 is 2.11 bits per heavy atom. The summed E-state index contributed by atoms with van der Waals surface area (Å²) in [6, 6.07) is 3.70. The molecule has 0 fully saturated rings. The van der Waals surface area contributed by atoms with Crippen molar-refractivity contribution in [3.05, 3.63) is 54.9 Å². The van der Waals surface area contributed by atoms with Gasteiger partial charge in [-0.15, -0.1) is 0 Å². The average Bonchev–Trinajstić information content (AvgIpc) is 2.96. The zero-order valence-electron chi connectivity index (χ0n) is 10.6. The van der Waals surface area contributed by atoms with Gasteiger partial charge in [0.05, 0.1) is 6.33 Å². The Morgan fingerprint density at radius 1 is 1.26 bits per heavy atom. The van der Waals surface area contributed by atoms with Crippen LogP contribution in [0.15, 0.2) is 49.3 Å². The Labute approximate surface area is 112 Å². The van der Waals surface area contributed by atoms with Gasteiger partial charge in [0.25, 0.3) is 0 Å². The van der Waals surface area contributed by atoms with Crippen LogP contribution in [0, 0.1) is 0 Å². The average molecular weight is 256 g/mol. The van der Waals surface area contributed by atoms with E-state index in [4.69, 9.17) is 0 Å². The summed E-state index contributed by atoms with van der Waals surface area (Å²) in [6.45, 7) is 1.51. The van der Waals surface area contributed by atoms with E-state index in [2.05, 4.69) is 15.3 Å². The number of carbonyl (C=O) groups excluding carboxylic acids is 1. The van der Waals surface area contributed by atoms with Crippen LogP contribution >= 0.6 is 0 Å². The molecule has 0 saturated carbocycles. The first-order valence-electron chi connectivity index (χ1n) is 6.16. The fourth-order valence-corrected chi connectivity index (χ4v) is 1.60. The minimum absolute atomic E-state index is 0.0811. The highest BCUT2D eigenvalue weighted by Gasteiger charge is 1.95. The lowest BCUT2D eigenvalue weighted by Gasteiger charge is -2.03. The number of imidazole rings is 1. The molecule has 1 amide bonds. The zero-order valence-corrected chi connectivity index (χ0v) is 10.6. The van der Waals surface area contributed by atoms with E-state index in [1.807, 2.05) is 22.9 Å². The third-order valence-electron chi connectivity index (χ3n) is 2.58. The van der Waals surface area contributed by atoms with Crippen LogP contribution in [0.2, 0.25) is 0 Å². The number of nitrogens with one attached hydrogen (secondary N) is 1. The van der Waals surface area contributed by atoms with E-state index >= 15 is 0 Å². The van der Waals surface area contributed by atoms with Crippen LogP contribution in [-0.4, -0.2) is 27.0 Å². The fourth-order valence-electron chi connectivity index (χ4n) is 1.60. The number of rotatable bonds is 6. The van der Waals surface area contributed by atoms with Gasteiger partial charge in [-0.25, -0.2) is 4.98 Å². The van der Waals surface area contributed by atoms with Crippen LogP contribution in [0.5, 0.6) is 0 Å². The molecule has 0 aliphatic heterocycles. The Bertz CT molecular complexity index is 520. The molecule has 19 heavy (non-hydrogen) atoms. The number of amides is 1. The summed E-state index contributed by atoms with van der Waals surface area (Å²) in [7, 11) is 0. The number of aromatic nitrogens is 3. The van der Waals surface area contributed by atoms with Gasteiger partial charge in [0.2, 0.25) is 5.91 Å². The van der Waals surface area contributed by atoms with Crippen LogP contribution in [0.4, 0.5) is 0 Å². The molecule has 0 saturated heterocycles. The maximum absolute atomic E-state index is 11.5. The molecule has 2 rings (SSSR count). The van der Waals surface area contributed by atoms with Gasteiger partial charge >= 0.3 is 0 Å². The SMILES string of the molecule is O=C(/C=C/c1ccncc1)NCCCn1ccnc1. The first-order valence-corrected chi connectivity index (χ1v) is 6.16. The van der Waals surface area contributed by atoms with E-state index < -0.39 is 0 Å². The van der Waals surface area contributed by atoms with Gasteiger partial charge in [-0.1, -0.05) is 0 Å². The monoisotopic (exact) mass is 256 g/mol. The number of hydrogen-bond acceptors (Lipinski definition) is 3. The second kappa shape index (κ2) is 7.10. The van der Waals surface area contributed by atoms with Crippen LogP contribution in [0.1, 0.15) is 12.0 Å². The van der Waals surface area contributed by atoms with Gasteiger partial charge in [0, 0.05) is 44.0 Å². The van der Waals surface area contributed by atoms with E-state index in [0.29, 0.717) is 6.54 Å². The van der Waals surface area contributed by atoms with Crippen LogP contribution in [0.25, 0.3) is 6.08 Å². The molecular weight excluding hydrogens is 240 g/mol. The predicted molar refractivity (Wildman–Crippen MR) is 73.1 cm³/mol. The van der Waals surface area contributed by atoms with E-state index in [0.717, 1.165) is 18.5 Å². The van der Waals surface area contributed by atoms with Gasteiger partial charge in [-0.3, -0.25) is 9.78 Å². The van der Waals surface area contributed by atoms with E-state index in [-0.39, 0.29) is 5.91 Å². The zero-order chi connectivity index (χ0) is 13.3. The Kier molecular flexibility index (Phi) is 4.87. The minimum Gasteiger partial charge on any atom is -0.352 e. The number of hydrogen-bond donors (Lipinski definition) is 1. The first kappa shape index (κ1) is 13.0. The fraction of sp³-hybridized carbons (Fsp3) is 0.214. The second-order valence-corrected chi connectivity index (χ2v) is 4.06. The van der Waals surface area contributed by atoms with Crippen molar-refractivity contribution in [2.45, 2.75) is 13.0 Å². The standard InChI is InChI=1S/C14H16N4O/c19-14(3-2-13-4-7-15-8-5-13)17-6-1-10-18-11-9-16-12-18/h2-5,7-9,11-12H,1,6,10H2,(H,17,19)/b3-2+. The maximum atomic E-state index is 11.5. The van der Waals surface area contributed by atoms with Crippen molar-refractivity contribution in [2.75, 3.05) is 6.54 Å². The summed E-state index contributed by atoms with van der Waals surface area (Å²) < 4.78 is 1.99. The molecule has 0 radical (unpaired) electrons. The highest BCUT2D eigenvalue weighted by molar-refractivity contribution is 5.91. The predicted octanol–water partition coefficient (Wildman–Crippen LogP) is 1.50. The summed E-state index contributed by atoms with van der Waals surface area (Å²) in [5, 5.41) is 2.84. The molecule has 0 aromatic carbocycles. The molecule has 2 aromatic rings. The lowest BCUT2D eigenvalue weighted by atomic mass is 10.2. The third-order valence-corrected chi connectivity index (χ3v) is 2.58. The highest BCUT2D eigenvalue weighted by atomic mass is 16.1. The molecule has 5 nitrogen and oxygen atoms in total. The first-order chi connectivity index (χ1) is 9.34. The normalized spacial score (nSPS) is 10.7. The van der Waals surface area contributed by atoms with Crippen LogP contribution < -0.4 is 5.32 Å². The maximum Gasteiger partial charge on any atom is 0.244 e. The van der Waals surface area contributed by atoms with Crippen molar-refractivity contribution in [3.8, 4) is 0 Å². The quantitative estimate of drug-likeness (QED) is 0.629. The summed E-state index contributed by atoms with van der Waals surface area (Å²) >= 11 is 0. The van der Waals surface area contributed by atoms with Crippen molar-refractivity contribution in [1.29, 1.82) is 0 Å². The van der Waals surface area contributed by atoms with Crippen molar-refractivity contribution in [1.82, 2.24) is 19.9 Å². The summed E-state index contributed by atoms with van der Waals surface area (Å²) in [5.74, 6) is -0.0811. The molecule has 5 heteroatoms. The van der Waals surface area contributed by atoms with Crippen LogP contribution in [0.3, 0.4) is 0 Å². The van der Waals surface area contributed by atoms with Crippen molar-refractivity contribution in [2.24, 2.45) is 0 Å². The molecule has 0 unspecified atom stereocenters. The number of nitrogens with zero attached hydrogens (tertiary/aromatic N) is 3. The van der Waals surface area contributed by atoms with Crippen LogP contribution in [-0.2, 0) is 11.3 Å². The number of aryl methyl sites for hydroxylation is 1. The molecule has 0 spiro atoms. The molecular formula is C14H16N4O. The molecule has 1 N–H and O–H groups in total. The summed E-state index contributed by atoms with van der Waals surface area (Å²) in [6.07, 6.45) is 13.0. The largest absolute Gasteiger partial charge is 0.352 e. The van der Waals surface area contributed by atoms with Crippen molar-refractivity contribution >= 4 is 12.0 Å². The topological polar surface area (TPSA) is 59.8 Å². The minimum atomic E-state index is -0.0811. The highest BCUT2D eigenvalue weighted by Crippen LogP contribution is 1.98. The lowest BCUT2D eigenvalue weighted by Crippen LogP contribution is -2.22. The molecule has 0 bridgehead atoms. The van der Waals surface area contributed by atoms with Gasteiger partial charge < -0.3 is 9.88 Å². The molecule has 0 aliphatic rings. The molecule has 0 aliphatic carbocycles. The lowest BCUT2D eigenvalue weighted by molar-refractivity contribution is -0.116. The third kappa shape index (κ3) is 4.75. The smallest absolute Gasteiger partial charge is 0.244 e.